The second-order valence-corrected chi connectivity index (χ2v) is 8.21. The predicted molar refractivity (Wildman–Crippen MR) is 122 cm³/mol. The van der Waals surface area contributed by atoms with Gasteiger partial charge in [-0.15, -0.1) is 0 Å². The lowest BCUT2D eigenvalue weighted by molar-refractivity contribution is -0.186. The Morgan fingerprint density at radius 2 is 1.70 bits per heavy atom. The number of benzene rings is 2. The summed E-state index contributed by atoms with van der Waals surface area (Å²) >= 11 is 0. The molecular formula is C24H20F5N5O3. The zero-order valence-corrected chi connectivity index (χ0v) is 19.2. The van der Waals surface area contributed by atoms with E-state index in [2.05, 4.69) is 25.9 Å². The predicted octanol–water partition coefficient (Wildman–Crippen LogP) is 3.68. The van der Waals surface area contributed by atoms with Crippen LogP contribution in [0.5, 0.6) is 0 Å². The molecule has 0 spiro atoms. The first-order valence-electron chi connectivity index (χ1n) is 11.0. The molecule has 2 amide bonds. The lowest BCUT2D eigenvalue weighted by Crippen LogP contribution is -2.47. The summed E-state index contributed by atoms with van der Waals surface area (Å²) in [5.74, 6) is -4.00. The molecule has 0 saturated carbocycles. The largest absolute Gasteiger partial charge is 0.392 e. The molecule has 0 fully saturated rings. The number of halogens is 5. The van der Waals surface area contributed by atoms with Crippen LogP contribution < -0.4 is 16.0 Å². The maximum absolute atomic E-state index is 14.4. The van der Waals surface area contributed by atoms with Crippen LogP contribution in [-0.4, -0.2) is 39.6 Å². The molecule has 3 aromatic rings. The van der Waals surface area contributed by atoms with Gasteiger partial charge >= 0.3 is 6.18 Å². The van der Waals surface area contributed by atoms with Gasteiger partial charge in [-0.1, -0.05) is 18.2 Å². The van der Waals surface area contributed by atoms with E-state index in [1.165, 1.54) is 25.1 Å². The Bertz CT molecular complexity index is 1340. The molecule has 0 bridgehead atoms. The highest BCUT2D eigenvalue weighted by Gasteiger charge is 2.47. The number of nitrogens with one attached hydrogen (secondary N) is 3. The van der Waals surface area contributed by atoms with Gasteiger partial charge in [0.1, 0.15) is 23.0 Å². The number of fused-ring (bicyclic) bond motifs is 1. The zero-order chi connectivity index (χ0) is 27.0. The van der Waals surface area contributed by atoms with Gasteiger partial charge in [0.25, 0.3) is 11.8 Å². The number of likely N-dealkylation sites (N-methyl/N-ethyl adjacent to an activating group) is 1. The number of alkyl halides is 3. The average Bonchev–Trinajstić information content (AvgIpc) is 3.19. The summed E-state index contributed by atoms with van der Waals surface area (Å²) in [6, 6.07) is 7.99. The standard InChI is InChI=1S/C24H20F5N5O3/c1-2-30-22(36)23(37,11-24(27,28)29)12-6-8-13(9-7-12)32-20-18-16(10-31-21(18)35)33-19(34-20)17-14(25)4-3-5-15(17)26/h3-9,37H,2,10-11H2,1H3,(H,30,36)(H,31,35)(H,32,33,34). The maximum Gasteiger partial charge on any atom is 0.392 e. The van der Waals surface area contributed by atoms with Crippen LogP contribution in [0.1, 0.15) is 35.0 Å². The normalized spacial score (nSPS) is 14.5. The molecule has 4 rings (SSSR count). The van der Waals surface area contributed by atoms with Crippen LogP contribution in [0, 0.1) is 11.6 Å². The highest BCUT2D eigenvalue weighted by Crippen LogP contribution is 2.36. The van der Waals surface area contributed by atoms with Crippen molar-refractivity contribution in [3.63, 3.8) is 0 Å². The number of hydrogen-bond donors (Lipinski definition) is 4. The number of anilines is 2. The van der Waals surface area contributed by atoms with E-state index in [1.807, 2.05) is 0 Å². The number of carbonyl (C=O) groups is 2. The lowest BCUT2D eigenvalue weighted by Gasteiger charge is -2.28. The van der Waals surface area contributed by atoms with Crippen LogP contribution in [-0.2, 0) is 16.9 Å². The van der Waals surface area contributed by atoms with E-state index in [9.17, 15) is 36.6 Å². The summed E-state index contributed by atoms with van der Waals surface area (Å²) in [6.45, 7) is 1.49. The third-order valence-electron chi connectivity index (χ3n) is 5.61. The molecule has 0 aliphatic carbocycles. The molecule has 8 nitrogen and oxygen atoms in total. The first-order valence-corrected chi connectivity index (χ1v) is 11.0. The van der Waals surface area contributed by atoms with Crippen LogP contribution >= 0.6 is 0 Å². The van der Waals surface area contributed by atoms with Crippen molar-refractivity contribution in [2.45, 2.75) is 31.7 Å². The smallest absolute Gasteiger partial charge is 0.375 e. The third kappa shape index (κ3) is 5.21. The number of rotatable bonds is 7. The Kier molecular flexibility index (Phi) is 6.82. The number of hydrogen-bond acceptors (Lipinski definition) is 6. The minimum absolute atomic E-state index is 0.00443. The van der Waals surface area contributed by atoms with Crippen LogP contribution in [0.3, 0.4) is 0 Å². The molecule has 1 aromatic heterocycles. The molecule has 0 saturated heterocycles. The van der Waals surface area contributed by atoms with Crippen LogP contribution in [0.25, 0.3) is 11.4 Å². The van der Waals surface area contributed by atoms with Crippen molar-refractivity contribution in [2.24, 2.45) is 0 Å². The van der Waals surface area contributed by atoms with Crippen LogP contribution in [0.4, 0.5) is 33.5 Å². The Balaban J connectivity index is 1.71. The van der Waals surface area contributed by atoms with E-state index in [-0.39, 0.29) is 47.2 Å². The van der Waals surface area contributed by atoms with Gasteiger partial charge in [-0.2, -0.15) is 13.2 Å². The van der Waals surface area contributed by atoms with Crippen molar-refractivity contribution in [2.75, 3.05) is 11.9 Å². The molecule has 1 aliphatic heterocycles. The van der Waals surface area contributed by atoms with Crippen molar-refractivity contribution >= 4 is 23.3 Å². The Morgan fingerprint density at radius 1 is 1.05 bits per heavy atom. The van der Waals surface area contributed by atoms with E-state index in [0.29, 0.717) is 0 Å². The third-order valence-corrected chi connectivity index (χ3v) is 5.61. The fourth-order valence-corrected chi connectivity index (χ4v) is 3.92. The first kappa shape index (κ1) is 25.9. The van der Waals surface area contributed by atoms with Gasteiger partial charge in [0, 0.05) is 12.2 Å². The van der Waals surface area contributed by atoms with E-state index in [1.54, 1.807) is 0 Å². The molecule has 4 N–H and O–H groups in total. The van der Waals surface area contributed by atoms with Gasteiger partial charge in [0.2, 0.25) is 0 Å². The number of aromatic nitrogens is 2. The molecule has 0 radical (unpaired) electrons. The minimum Gasteiger partial charge on any atom is -0.375 e. The van der Waals surface area contributed by atoms with Crippen molar-refractivity contribution < 1.29 is 36.6 Å². The van der Waals surface area contributed by atoms with Gasteiger partial charge in [-0.05, 0) is 36.8 Å². The molecule has 1 unspecified atom stereocenters. The Hall–Kier alpha value is -4.13. The maximum atomic E-state index is 14.4. The average molecular weight is 521 g/mol. The fourth-order valence-electron chi connectivity index (χ4n) is 3.92. The molecule has 1 atom stereocenters. The molecule has 194 valence electrons. The molecular weight excluding hydrogens is 501 g/mol. The monoisotopic (exact) mass is 521 g/mol. The van der Waals surface area contributed by atoms with E-state index < -0.39 is 47.2 Å². The summed E-state index contributed by atoms with van der Waals surface area (Å²) in [5, 5.41) is 18.2. The van der Waals surface area contributed by atoms with Gasteiger partial charge in [-0.3, -0.25) is 9.59 Å². The first-order chi connectivity index (χ1) is 17.4. The van der Waals surface area contributed by atoms with E-state index in [0.717, 1.165) is 24.3 Å². The van der Waals surface area contributed by atoms with Crippen molar-refractivity contribution in [1.82, 2.24) is 20.6 Å². The summed E-state index contributed by atoms with van der Waals surface area (Å²) in [5.41, 5.74) is -3.27. The summed E-state index contributed by atoms with van der Waals surface area (Å²) < 4.78 is 68.1. The molecule has 37 heavy (non-hydrogen) atoms. The van der Waals surface area contributed by atoms with Crippen molar-refractivity contribution in [3.8, 4) is 11.4 Å². The highest BCUT2D eigenvalue weighted by atomic mass is 19.4. The zero-order valence-electron chi connectivity index (χ0n) is 19.2. The van der Waals surface area contributed by atoms with Crippen molar-refractivity contribution in [1.29, 1.82) is 0 Å². The molecule has 1 aliphatic rings. The lowest BCUT2D eigenvalue weighted by atomic mass is 9.89. The summed E-state index contributed by atoms with van der Waals surface area (Å²) in [7, 11) is 0. The Morgan fingerprint density at radius 3 is 2.30 bits per heavy atom. The van der Waals surface area contributed by atoms with Gasteiger partial charge in [0.05, 0.1) is 24.2 Å². The minimum atomic E-state index is -4.84. The van der Waals surface area contributed by atoms with E-state index in [4.69, 9.17) is 0 Å². The number of carbonyl (C=O) groups excluding carboxylic acids is 2. The number of aliphatic hydroxyl groups is 1. The molecule has 2 heterocycles. The summed E-state index contributed by atoms with van der Waals surface area (Å²) in [4.78, 5) is 32.9. The topological polar surface area (TPSA) is 116 Å². The van der Waals surface area contributed by atoms with Gasteiger partial charge in [-0.25, -0.2) is 18.7 Å². The quantitative estimate of drug-likeness (QED) is 0.353. The fraction of sp³-hybridized carbons (Fsp3) is 0.250. The second kappa shape index (κ2) is 9.73. The molecule has 13 heteroatoms. The highest BCUT2D eigenvalue weighted by molar-refractivity contribution is 6.03. The van der Waals surface area contributed by atoms with Crippen LogP contribution in [0.2, 0.25) is 0 Å². The second-order valence-electron chi connectivity index (χ2n) is 8.21. The SMILES string of the molecule is CCNC(=O)C(O)(CC(F)(F)F)c1ccc(Nc2nc(-c3c(F)cccc3F)nc3c2C(=O)NC3)cc1. The van der Waals surface area contributed by atoms with Crippen molar-refractivity contribution in [3.05, 3.63) is 70.9 Å². The van der Waals surface area contributed by atoms with E-state index >= 15 is 0 Å². The number of nitrogens with zero attached hydrogens (tertiary/aromatic N) is 2. The Labute approximate surface area is 206 Å². The number of amides is 2. The molecule has 2 aromatic carbocycles. The van der Waals surface area contributed by atoms with Gasteiger partial charge in [0.15, 0.2) is 11.4 Å². The summed E-state index contributed by atoms with van der Waals surface area (Å²) in [6.07, 6.45) is -6.65. The van der Waals surface area contributed by atoms with Crippen LogP contribution in [0.15, 0.2) is 42.5 Å². The van der Waals surface area contributed by atoms with Gasteiger partial charge < -0.3 is 21.1 Å².